The van der Waals surface area contributed by atoms with E-state index in [1.54, 1.807) is 24.4 Å². The number of nitrogens with zero attached hydrogens (tertiary/aromatic N) is 4. The number of aromatic amines is 2. The Balaban J connectivity index is 1.80. The number of H-pyrrole nitrogens is 2. The van der Waals surface area contributed by atoms with Crippen LogP contribution in [0, 0.1) is 5.82 Å². The molecule has 0 atom stereocenters. The van der Waals surface area contributed by atoms with Crippen LogP contribution in [-0.4, -0.2) is 37.2 Å². The number of thiazole rings is 1. The average Bonchev–Trinajstić information content (AvgIpc) is 3.45. The summed E-state index contributed by atoms with van der Waals surface area (Å²) in [4.78, 5) is 21.3. The zero-order valence-corrected chi connectivity index (χ0v) is 17.9. The number of hydrogen-bond donors (Lipinski definition) is 2. The highest BCUT2D eigenvalue weighted by molar-refractivity contribution is 7.15. The summed E-state index contributed by atoms with van der Waals surface area (Å²) >= 11 is 1.47. The average molecular weight is 441 g/mol. The fourth-order valence-corrected chi connectivity index (χ4v) is 3.98. The van der Waals surface area contributed by atoms with E-state index in [4.69, 9.17) is 4.74 Å². The van der Waals surface area contributed by atoms with Crippen LogP contribution in [0.3, 0.4) is 0 Å². The van der Waals surface area contributed by atoms with Gasteiger partial charge >= 0.3 is 0 Å². The molecule has 10 heteroatoms. The van der Waals surface area contributed by atoms with Gasteiger partial charge in [-0.2, -0.15) is 0 Å². The number of nitrogens with one attached hydrogen (secondary N) is 2. The minimum Gasteiger partial charge on any atom is -0.493 e. The van der Waals surface area contributed by atoms with E-state index in [1.807, 2.05) is 6.92 Å². The predicted octanol–water partition coefficient (Wildman–Crippen LogP) is 4.23. The van der Waals surface area contributed by atoms with E-state index in [9.17, 15) is 9.18 Å². The van der Waals surface area contributed by atoms with Crippen LogP contribution < -0.4 is 10.3 Å². The number of pyridine rings is 1. The van der Waals surface area contributed by atoms with Gasteiger partial charge in [-0.3, -0.25) is 4.79 Å². The second kappa shape index (κ2) is 9.17. The Bertz CT molecular complexity index is 1240. The van der Waals surface area contributed by atoms with Gasteiger partial charge in [0.25, 0.3) is 5.56 Å². The molecule has 0 aliphatic heterocycles. The van der Waals surface area contributed by atoms with Crippen LogP contribution in [0.15, 0.2) is 35.3 Å². The molecule has 2 N–H and O–H groups in total. The van der Waals surface area contributed by atoms with E-state index in [0.717, 1.165) is 24.1 Å². The van der Waals surface area contributed by atoms with Crippen molar-refractivity contribution in [3.8, 4) is 39.0 Å². The van der Waals surface area contributed by atoms with E-state index in [2.05, 4.69) is 37.5 Å². The molecule has 4 rings (SSSR count). The second-order valence-electron chi connectivity index (χ2n) is 6.88. The number of hydrogen-bond acceptors (Lipinski definition) is 7. The third-order valence-corrected chi connectivity index (χ3v) is 5.92. The van der Waals surface area contributed by atoms with Crippen LogP contribution in [-0.2, 0) is 6.42 Å². The maximum atomic E-state index is 14.9. The number of halogens is 1. The molecule has 0 bridgehead atoms. The van der Waals surface area contributed by atoms with Crippen molar-refractivity contribution in [3.05, 3.63) is 51.5 Å². The number of unbranched alkanes of at least 4 members (excludes halogenated alkanes) is 1. The van der Waals surface area contributed by atoms with Crippen molar-refractivity contribution >= 4 is 11.3 Å². The van der Waals surface area contributed by atoms with E-state index >= 15 is 0 Å². The first-order valence-electron chi connectivity index (χ1n) is 9.99. The summed E-state index contributed by atoms with van der Waals surface area (Å²) in [7, 11) is 0. The van der Waals surface area contributed by atoms with E-state index < -0.39 is 11.4 Å². The van der Waals surface area contributed by atoms with Crippen LogP contribution in [0.4, 0.5) is 4.39 Å². The summed E-state index contributed by atoms with van der Waals surface area (Å²) in [6.07, 6.45) is 4.48. The van der Waals surface area contributed by atoms with Crippen LogP contribution in [0.2, 0.25) is 0 Å². The molecule has 0 saturated carbocycles. The van der Waals surface area contributed by atoms with Gasteiger partial charge < -0.3 is 9.72 Å². The first-order valence-corrected chi connectivity index (χ1v) is 10.8. The van der Waals surface area contributed by atoms with Gasteiger partial charge in [0.15, 0.2) is 5.82 Å². The summed E-state index contributed by atoms with van der Waals surface area (Å²) in [5.74, 6) is 0.184. The number of aryl methyl sites for hydroxylation is 1. The van der Waals surface area contributed by atoms with Crippen molar-refractivity contribution in [3.63, 3.8) is 0 Å². The molecule has 3 heterocycles. The molecule has 0 amide bonds. The molecule has 3 aromatic heterocycles. The lowest BCUT2D eigenvalue weighted by Crippen LogP contribution is -2.13. The molecule has 0 aliphatic rings. The molecule has 1 aromatic carbocycles. The Kier molecular flexibility index (Phi) is 6.17. The molecule has 0 fully saturated rings. The smallest absolute Gasteiger partial charge is 0.260 e. The molecule has 160 valence electrons. The monoisotopic (exact) mass is 440 g/mol. The van der Waals surface area contributed by atoms with Crippen molar-refractivity contribution in [1.29, 1.82) is 0 Å². The summed E-state index contributed by atoms with van der Waals surface area (Å²) in [6, 6.07) is 6.32. The molecule has 0 radical (unpaired) electrons. The van der Waals surface area contributed by atoms with Crippen molar-refractivity contribution in [2.45, 2.75) is 33.1 Å². The largest absolute Gasteiger partial charge is 0.493 e. The summed E-state index contributed by atoms with van der Waals surface area (Å²) in [5.41, 5.74) is 0.940. The highest BCUT2D eigenvalue weighted by Gasteiger charge is 2.20. The molecule has 31 heavy (non-hydrogen) atoms. The Hall–Kier alpha value is -3.40. The fourth-order valence-electron chi connectivity index (χ4n) is 3.11. The molecule has 0 saturated heterocycles. The lowest BCUT2D eigenvalue weighted by Gasteiger charge is -2.11. The highest BCUT2D eigenvalue weighted by atomic mass is 32.1. The third kappa shape index (κ3) is 4.38. The van der Waals surface area contributed by atoms with Crippen molar-refractivity contribution in [2.24, 2.45) is 0 Å². The number of ether oxygens (including phenoxy) is 1. The maximum absolute atomic E-state index is 14.9. The van der Waals surface area contributed by atoms with E-state index in [-0.39, 0.29) is 17.0 Å². The van der Waals surface area contributed by atoms with Gasteiger partial charge in [-0.1, -0.05) is 20.3 Å². The Labute approximate surface area is 181 Å². The number of rotatable bonds is 8. The highest BCUT2D eigenvalue weighted by Crippen LogP contribution is 2.34. The summed E-state index contributed by atoms with van der Waals surface area (Å²) in [5, 5.41) is 14.3. The van der Waals surface area contributed by atoms with E-state index in [1.165, 1.54) is 17.4 Å². The summed E-state index contributed by atoms with van der Waals surface area (Å²) < 4.78 is 20.5. The van der Waals surface area contributed by atoms with Crippen LogP contribution in [0.5, 0.6) is 5.75 Å². The van der Waals surface area contributed by atoms with Crippen LogP contribution >= 0.6 is 11.3 Å². The quantitative estimate of drug-likeness (QED) is 0.397. The second-order valence-corrected chi connectivity index (χ2v) is 7.99. The van der Waals surface area contributed by atoms with Gasteiger partial charge in [-0.05, 0) is 41.5 Å². The number of tetrazole rings is 1. The van der Waals surface area contributed by atoms with Gasteiger partial charge in [0.05, 0.1) is 17.9 Å². The van der Waals surface area contributed by atoms with Crippen molar-refractivity contribution in [1.82, 2.24) is 30.6 Å². The standard InChI is InChI=1S/C21H21FN6O2S/c1-3-5-8-30-12-6-7-14(16(22)9-12)17-10-15(21-23-11-13(4-2)31-21)18(20(29)24-17)19-25-27-28-26-19/h6-7,9-11H,3-5,8H2,1-2H3,(H,24,29)(H,25,26,27,28). The molecule has 0 unspecified atom stereocenters. The number of benzene rings is 1. The van der Waals surface area contributed by atoms with Crippen LogP contribution in [0.25, 0.3) is 33.2 Å². The minimum absolute atomic E-state index is 0.219. The maximum Gasteiger partial charge on any atom is 0.260 e. The topological polar surface area (TPSA) is 109 Å². The van der Waals surface area contributed by atoms with Gasteiger partial charge in [0.2, 0.25) is 0 Å². The Morgan fingerprint density at radius 3 is 2.74 bits per heavy atom. The minimum atomic E-state index is -0.488. The molecular weight excluding hydrogens is 419 g/mol. The van der Waals surface area contributed by atoms with Crippen LogP contribution in [0.1, 0.15) is 31.6 Å². The van der Waals surface area contributed by atoms with Gasteiger partial charge in [-0.15, -0.1) is 16.4 Å². The zero-order chi connectivity index (χ0) is 21.8. The molecule has 4 aromatic rings. The first kappa shape index (κ1) is 20.9. The van der Waals surface area contributed by atoms with Crippen molar-refractivity contribution < 1.29 is 9.13 Å². The SMILES string of the molecule is CCCCOc1ccc(-c2cc(-c3ncc(CC)s3)c(-c3nnn[nH]3)c(=O)[nH]2)c(F)c1. The predicted molar refractivity (Wildman–Crippen MR) is 117 cm³/mol. The summed E-state index contributed by atoms with van der Waals surface area (Å²) in [6.45, 7) is 4.62. The molecule has 0 spiro atoms. The van der Waals surface area contributed by atoms with Gasteiger partial charge in [0.1, 0.15) is 16.6 Å². The third-order valence-electron chi connectivity index (χ3n) is 4.75. The normalized spacial score (nSPS) is 11.1. The zero-order valence-electron chi connectivity index (χ0n) is 17.1. The van der Waals surface area contributed by atoms with Gasteiger partial charge in [0, 0.05) is 28.3 Å². The molecular formula is C21H21FN6O2S. The first-order chi connectivity index (χ1) is 15.1. The van der Waals surface area contributed by atoms with Crippen molar-refractivity contribution in [2.75, 3.05) is 6.61 Å². The Morgan fingerprint density at radius 2 is 2.06 bits per heavy atom. The molecule has 8 nitrogen and oxygen atoms in total. The molecule has 0 aliphatic carbocycles. The number of aromatic nitrogens is 6. The fraction of sp³-hybridized carbons (Fsp3) is 0.286. The Morgan fingerprint density at radius 1 is 1.19 bits per heavy atom. The lowest BCUT2D eigenvalue weighted by atomic mass is 10.0. The lowest BCUT2D eigenvalue weighted by molar-refractivity contribution is 0.308. The van der Waals surface area contributed by atoms with E-state index in [0.29, 0.717) is 28.6 Å². The van der Waals surface area contributed by atoms with Gasteiger partial charge in [-0.25, -0.2) is 14.5 Å².